The molecule has 0 amide bonds. The number of rotatable bonds is 6. The lowest BCUT2D eigenvalue weighted by Gasteiger charge is -2.11. The number of hydrogen-bond acceptors (Lipinski definition) is 3. The molecule has 22 heavy (non-hydrogen) atoms. The van der Waals surface area contributed by atoms with Crippen LogP contribution >= 0.6 is 0 Å². The first-order valence-electron chi connectivity index (χ1n) is 7.01. The van der Waals surface area contributed by atoms with Gasteiger partial charge in [-0.2, -0.15) is 0 Å². The standard InChI is InChI=1S/C17H17F2NO2/c1-2-22-17(21)11-20-10-12-5-3-4-6-14(12)15-8-7-13(18)9-16(15)19/h3-9,20H,2,10-11H2,1H3. The molecule has 2 rings (SSSR count). The van der Waals surface area contributed by atoms with E-state index in [1.54, 1.807) is 19.1 Å². The summed E-state index contributed by atoms with van der Waals surface area (Å²) in [7, 11) is 0. The molecule has 2 aromatic carbocycles. The largest absolute Gasteiger partial charge is 0.465 e. The molecule has 0 atom stereocenters. The van der Waals surface area contributed by atoms with Gasteiger partial charge in [-0.15, -0.1) is 0 Å². The first-order valence-corrected chi connectivity index (χ1v) is 7.01. The van der Waals surface area contributed by atoms with Crippen LogP contribution in [-0.2, 0) is 16.1 Å². The number of carbonyl (C=O) groups is 1. The topological polar surface area (TPSA) is 38.3 Å². The van der Waals surface area contributed by atoms with Gasteiger partial charge in [-0.1, -0.05) is 24.3 Å². The van der Waals surface area contributed by atoms with E-state index < -0.39 is 11.6 Å². The zero-order valence-corrected chi connectivity index (χ0v) is 12.2. The predicted molar refractivity (Wildman–Crippen MR) is 80.1 cm³/mol. The SMILES string of the molecule is CCOC(=O)CNCc1ccccc1-c1ccc(F)cc1F. The summed E-state index contributed by atoms with van der Waals surface area (Å²) in [6.07, 6.45) is 0. The van der Waals surface area contributed by atoms with E-state index in [1.807, 2.05) is 12.1 Å². The van der Waals surface area contributed by atoms with Gasteiger partial charge in [0.2, 0.25) is 0 Å². The van der Waals surface area contributed by atoms with Crippen LogP contribution in [0.25, 0.3) is 11.1 Å². The molecule has 0 bridgehead atoms. The lowest BCUT2D eigenvalue weighted by molar-refractivity contribution is -0.142. The van der Waals surface area contributed by atoms with Gasteiger partial charge in [0.15, 0.2) is 0 Å². The van der Waals surface area contributed by atoms with Crippen LogP contribution in [0.2, 0.25) is 0 Å². The van der Waals surface area contributed by atoms with Crippen molar-refractivity contribution >= 4 is 5.97 Å². The molecular formula is C17H17F2NO2. The molecule has 0 fully saturated rings. The summed E-state index contributed by atoms with van der Waals surface area (Å²) in [5, 5.41) is 2.96. The Bertz CT molecular complexity index is 659. The first-order chi connectivity index (χ1) is 10.6. The van der Waals surface area contributed by atoms with Crippen molar-refractivity contribution < 1.29 is 18.3 Å². The summed E-state index contributed by atoms with van der Waals surface area (Å²) in [5.74, 6) is -1.56. The molecular weight excluding hydrogens is 288 g/mol. The fourth-order valence-electron chi connectivity index (χ4n) is 2.16. The average Bonchev–Trinajstić information content (AvgIpc) is 2.48. The number of carbonyl (C=O) groups excluding carboxylic acids is 1. The van der Waals surface area contributed by atoms with Crippen molar-refractivity contribution in [2.75, 3.05) is 13.2 Å². The van der Waals surface area contributed by atoms with Gasteiger partial charge in [0, 0.05) is 18.2 Å². The van der Waals surface area contributed by atoms with Crippen LogP contribution in [0.5, 0.6) is 0 Å². The molecule has 0 heterocycles. The molecule has 1 N–H and O–H groups in total. The number of nitrogens with one attached hydrogen (secondary N) is 1. The number of ether oxygens (including phenoxy) is 1. The Morgan fingerprint density at radius 3 is 2.64 bits per heavy atom. The second-order valence-electron chi connectivity index (χ2n) is 4.69. The van der Waals surface area contributed by atoms with Crippen LogP contribution in [-0.4, -0.2) is 19.1 Å². The van der Waals surface area contributed by atoms with Crippen LogP contribution in [0.15, 0.2) is 42.5 Å². The maximum atomic E-state index is 13.9. The van der Waals surface area contributed by atoms with E-state index in [9.17, 15) is 13.6 Å². The van der Waals surface area contributed by atoms with E-state index in [0.29, 0.717) is 24.3 Å². The molecule has 0 aliphatic carbocycles. The second kappa shape index (κ2) is 7.66. The fraction of sp³-hybridized carbons (Fsp3) is 0.235. The van der Waals surface area contributed by atoms with Crippen molar-refractivity contribution in [1.82, 2.24) is 5.32 Å². The zero-order chi connectivity index (χ0) is 15.9. The van der Waals surface area contributed by atoms with E-state index in [2.05, 4.69) is 5.32 Å². The van der Waals surface area contributed by atoms with Gasteiger partial charge in [0.05, 0.1) is 13.2 Å². The normalized spacial score (nSPS) is 10.5. The highest BCUT2D eigenvalue weighted by Crippen LogP contribution is 2.26. The van der Waals surface area contributed by atoms with E-state index in [4.69, 9.17) is 4.74 Å². The molecule has 0 radical (unpaired) electrons. The lowest BCUT2D eigenvalue weighted by atomic mass is 9.99. The van der Waals surface area contributed by atoms with Gasteiger partial charge in [-0.3, -0.25) is 4.79 Å². The van der Waals surface area contributed by atoms with Crippen LogP contribution in [0.4, 0.5) is 8.78 Å². The van der Waals surface area contributed by atoms with Crippen molar-refractivity contribution in [2.24, 2.45) is 0 Å². The quantitative estimate of drug-likeness (QED) is 0.832. The highest BCUT2D eigenvalue weighted by molar-refractivity contribution is 5.72. The molecule has 0 saturated heterocycles. The summed E-state index contributed by atoms with van der Waals surface area (Å²) < 4.78 is 31.8. The maximum absolute atomic E-state index is 13.9. The predicted octanol–water partition coefficient (Wildman–Crippen LogP) is 3.28. The van der Waals surface area contributed by atoms with Gasteiger partial charge in [-0.25, -0.2) is 8.78 Å². The zero-order valence-electron chi connectivity index (χ0n) is 12.2. The van der Waals surface area contributed by atoms with Crippen LogP contribution < -0.4 is 5.32 Å². The summed E-state index contributed by atoms with van der Waals surface area (Å²) in [6.45, 7) is 2.53. The molecule has 0 aliphatic heterocycles. The third-order valence-electron chi connectivity index (χ3n) is 3.13. The summed E-state index contributed by atoms with van der Waals surface area (Å²) >= 11 is 0. The fourth-order valence-corrected chi connectivity index (χ4v) is 2.16. The lowest BCUT2D eigenvalue weighted by Crippen LogP contribution is -2.24. The van der Waals surface area contributed by atoms with Crippen LogP contribution in [0, 0.1) is 11.6 Å². The molecule has 2 aromatic rings. The van der Waals surface area contributed by atoms with Gasteiger partial charge in [0.1, 0.15) is 11.6 Å². The van der Waals surface area contributed by atoms with Crippen LogP contribution in [0.1, 0.15) is 12.5 Å². The Morgan fingerprint density at radius 2 is 1.91 bits per heavy atom. The van der Waals surface area contributed by atoms with E-state index in [-0.39, 0.29) is 12.5 Å². The van der Waals surface area contributed by atoms with Gasteiger partial charge >= 0.3 is 5.97 Å². The molecule has 0 saturated carbocycles. The third kappa shape index (κ3) is 4.11. The third-order valence-corrected chi connectivity index (χ3v) is 3.13. The summed E-state index contributed by atoms with van der Waals surface area (Å²) in [4.78, 5) is 11.3. The van der Waals surface area contributed by atoms with Gasteiger partial charge in [0.25, 0.3) is 0 Å². The van der Waals surface area contributed by atoms with Gasteiger partial charge < -0.3 is 10.1 Å². The molecule has 116 valence electrons. The molecule has 0 spiro atoms. The first kappa shape index (κ1) is 16.1. The van der Waals surface area contributed by atoms with E-state index in [1.165, 1.54) is 12.1 Å². The Morgan fingerprint density at radius 1 is 1.14 bits per heavy atom. The van der Waals surface area contributed by atoms with Crippen molar-refractivity contribution in [3.05, 3.63) is 59.7 Å². The minimum atomic E-state index is -0.613. The highest BCUT2D eigenvalue weighted by atomic mass is 19.1. The number of hydrogen-bond donors (Lipinski definition) is 1. The molecule has 5 heteroatoms. The molecule has 0 unspecified atom stereocenters. The Kier molecular flexibility index (Phi) is 5.61. The summed E-state index contributed by atoms with van der Waals surface area (Å²) in [6, 6.07) is 10.7. The average molecular weight is 305 g/mol. The van der Waals surface area contributed by atoms with Gasteiger partial charge in [-0.05, 0) is 30.2 Å². The second-order valence-corrected chi connectivity index (χ2v) is 4.69. The van der Waals surface area contributed by atoms with Crippen molar-refractivity contribution in [1.29, 1.82) is 0 Å². The smallest absolute Gasteiger partial charge is 0.319 e. The summed E-state index contributed by atoms with van der Waals surface area (Å²) in [5.41, 5.74) is 1.81. The van der Waals surface area contributed by atoms with E-state index >= 15 is 0 Å². The van der Waals surface area contributed by atoms with Crippen LogP contribution in [0.3, 0.4) is 0 Å². The van der Waals surface area contributed by atoms with Crippen molar-refractivity contribution in [3.8, 4) is 11.1 Å². The van der Waals surface area contributed by atoms with Crippen molar-refractivity contribution in [3.63, 3.8) is 0 Å². The maximum Gasteiger partial charge on any atom is 0.319 e. The Hall–Kier alpha value is -2.27. The number of benzene rings is 2. The minimum Gasteiger partial charge on any atom is -0.465 e. The highest BCUT2D eigenvalue weighted by Gasteiger charge is 2.10. The number of esters is 1. The van der Waals surface area contributed by atoms with E-state index in [0.717, 1.165) is 11.6 Å². The molecule has 0 aromatic heterocycles. The molecule has 0 aliphatic rings. The number of halogens is 2. The van der Waals surface area contributed by atoms with Crippen molar-refractivity contribution in [2.45, 2.75) is 13.5 Å². The monoisotopic (exact) mass is 305 g/mol. The Balaban J connectivity index is 2.15. The minimum absolute atomic E-state index is 0.0775. The molecule has 3 nitrogen and oxygen atoms in total. The Labute approximate surface area is 127 Å².